The van der Waals surface area contributed by atoms with Crippen molar-refractivity contribution in [1.82, 2.24) is 5.32 Å². The van der Waals surface area contributed by atoms with Crippen LogP contribution in [0.15, 0.2) is 52.7 Å². The summed E-state index contributed by atoms with van der Waals surface area (Å²) >= 11 is 13.9. The molecule has 1 amide bonds. The van der Waals surface area contributed by atoms with Crippen molar-refractivity contribution in [1.29, 1.82) is 0 Å². The SMILES string of the molecule is CCOC(=O)C1=C(C)NC(SCC(=O)Nc2ccc(C)c(C)c2)=N[C@H]1c1cccc(Cl)c1Cl. The van der Waals surface area contributed by atoms with Crippen LogP contribution in [0.25, 0.3) is 0 Å². The molecule has 6 nitrogen and oxygen atoms in total. The predicted octanol–water partition coefficient (Wildman–Crippen LogP) is 5.82. The number of carbonyl (C=O) groups excluding carboxylic acids is 2. The summed E-state index contributed by atoms with van der Waals surface area (Å²) in [6.07, 6.45) is 0. The number of ether oxygens (including phenoxy) is 1. The summed E-state index contributed by atoms with van der Waals surface area (Å²) in [4.78, 5) is 29.9. The molecule has 0 unspecified atom stereocenters. The third-order valence-corrected chi connectivity index (χ3v) is 6.84. The van der Waals surface area contributed by atoms with Crippen LogP contribution in [-0.4, -0.2) is 29.4 Å². The molecule has 1 atom stereocenters. The number of hydrogen-bond donors (Lipinski definition) is 2. The molecule has 1 heterocycles. The van der Waals surface area contributed by atoms with Crippen LogP contribution >= 0.6 is 35.0 Å². The molecule has 0 bridgehead atoms. The Labute approximate surface area is 207 Å². The third-order valence-electron chi connectivity index (χ3n) is 5.12. The van der Waals surface area contributed by atoms with E-state index < -0.39 is 12.0 Å². The first-order valence-corrected chi connectivity index (χ1v) is 12.1. The lowest BCUT2D eigenvalue weighted by Gasteiger charge is -2.26. The molecule has 0 fully saturated rings. The highest BCUT2D eigenvalue weighted by molar-refractivity contribution is 8.14. The first kappa shape index (κ1) is 25.1. The van der Waals surface area contributed by atoms with E-state index in [0.717, 1.165) is 16.8 Å². The third kappa shape index (κ3) is 6.10. The molecule has 9 heteroatoms. The zero-order valence-electron chi connectivity index (χ0n) is 18.8. The number of anilines is 1. The van der Waals surface area contributed by atoms with Crippen molar-refractivity contribution in [2.24, 2.45) is 4.99 Å². The molecule has 0 saturated heterocycles. The maximum atomic E-state index is 12.7. The number of amides is 1. The number of amidine groups is 1. The van der Waals surface area contributed by atoms with Gasteiger partial charge in [-0.2, -0.15) is 0 Å². The minimum atomic E-state index is -0.707. The van der Waals surface area contributed by atoms with Crippen LogP contribution in [0.1, 0.15) is 36.6 Å². The maximum absolute atomic E-state index is 12.7. The first-order chi connectivity index (χ1) is 15.7. The van der Waals surface area contributed by atoms with Crippen LogP contribution in [0.5, 0.6) is 0 Å². The molecule has 1 aliphatic rings. The lowest BCUT2D eigenvalue weighted by atomic mass is 9.96. The van der Waals surface area contributed by atoms with Gasteiger partial charge >= 0.3 is 5.97 Å². The van der Waals surface area contributed by atoms with E-state index in [-0.39, 0.29) is 18.3 Å². The monoisotopic (exact) mass is 505 g/mol. The molecule has 2 aromatic rings. The number of aliphatic imine (C=N–C) groups is 1. The number of thioether (sulfide) groups is 1. The molecular weight excluding hydrogens is 481 g/mol. The van der Waals surface area contributed by atoms with Gasteiger partial charge in [-0.3, -0.25) is 4.79 Å². The van der Waals surface area contributed by atoms with Crippen LogP contribution < -0.4 is 10.6 Å². The number of aryl methyl sites for hydroxylation is 2. The number of benzene rings is 2. The molecular formula is C24H25Cl2N3O3S. The molecule has 2 aromatic carbocycles. The van der Waals surface area contributed by atoms with E-state index in [2.05, 4.69) is 15.6 Å². The van der Waals surface area contributed by atoms with Crippen molar-refractivity contribution in [2.45, 2.75) is 33.7 Å². The average Bonchev–Trinajstić information content (AvgIpc) is 2.76. The Morgan fingerprint density at radius 1 is 1.15 bits per heavy atom. The zero-order valence-corrected chi connectivity index (χ0v) is 21.1. The van der Waals surface area contributed by atoms with Gasteiger partial charge in [0.1, 0.15) is 6.04 Å². The summed E-state index contributed by atoms with van der Waals surface area (Å²) in [5.74, 6) is -0.511. The Hall–Kier alpha value is -2.48. The summed E-state index contributed by atoms with van der Waals surface area (Å²) in [5, 5.41) is 7.19. The summed E-state index contributed by atoms with van der Waals surface area (Å²) < 4.78 is 5.24. The van der Waals surface area contributed by atoms with Gasteiger partial charge in [-0.25, -0.2) is 9.79 Å². The predicted molar refractivity (Wildman–Crippen MR) is 136 cm³/mol. The highest BCUT2D eigenvalue weighted by Gasteiger charge is 2.32. The van der Waals surface area contributed by atoms with Gasteiger partial charge in [-0.15, -0.1) is 0 Å². The minimum Gasteiger partial charge on any atom is -0.463 e. The minimum absolute atomic E-state index is 0.136. The Morgan fingerprint density at radius 3 is 2.61 bits per heavy atom. The number of rotatable bonds is 6. The van der Waals surface area contributed by atoms with Gasteiger partial charge in [0.25, 0.3) is 0 Å². The van der Waals surface area contributed by atoms with Crippen LogP contribution in [0.3, 0.4) is 0 Å². The van der Waals surface area contributed by atoms with Gasteiger partial charge in [0.05, 0.1) is 28.0 Å². The number of halogens is 2. The Morgan fingerprint density at radius 2 is 1.91 bits per heavy atom. The Kier molecular flexibility index (Phi) is 8.46. The topological polar surface area (TPSA) is 79.8 Å². The van der Waals surface area contributed by atoms with E-state index in [1.54, 1.807) is 32.0 Å². The van der Waals surface area contributed by atoms with Crippen molar-refractivity contribution in [3.05, 3.63) is 74.4 Å². The smallest absolute Gasteiger partial charge is 0.338 e. The van der Waals surface area contributed by atoms with Gasteiger partial charge in [0.2, 0.25) is 5.91 Å². The highest BCUT2D eigenvalue weighted by atomic mass is 35.5. The van der Waals surface area contributed by atoms with Gasteiger partial charge in [0.15, 0.2) is 5.17 Å². The van der Waals surface area contributed by atoms with E-state index in [0.29, 0.717) is 32.0 Å². The van der Waals surface area contributed by atoms with Crippen LogP contribution in [0.2, 0.25) is 10.0 Å². The molecule has 0 aromatic heterocycles. The van der Waals surface area contributed by atoms with Gasteiger partial charge in [0, 0.05) is 16.9 Å². The molecule has 33 heavy (non-hydrogen) atoms. The van der Waals surface area contributed by atoms with Crippen molar-refractivity contribution < 1.29 is 14.3 Å². The fourth-order valence-electron chi connectivity index (χ4n) is 3.30. The normalized spacial score (nSPS) is 15.6. The number of nitrogens with one attached hydrogen (secondary N) is 2. The van der Waals surface area contributed by atoms with Crippen molar-refractivity contribution in [3.8, 4) is 0 Å². The molecule has 1 aliphatic heterocycles. The molecule has 0 saturated carbocycles. The van der Waals surface area contributed by atoms with Gasteiger partial charge in [-0.1, -0.05) is 53.2 Å². The lowest BCUT2D eigenvalue weighted by Crippen LogP contribution is -2.31. The second-order valence-corrected chi connectivity index (χ2v) is 9.25. The second kappa shape index (κ2) is 11.1. The largest absolute Gasteiger partial charge is 0.463 e. The Balaban J connectivity index is 1.81. The van der Waals surface area contributed by atoms with E-state index in [1.165, 1.54) is 11.8 Å². The number of nitrogens with zero attached hydrogens (tertiary/aromatic N) is 1. The molecule has 0 radical (unpaired) electrons. The number of hydrogen-bond acceptors (Lipinski definition) is 6. The molecule has 174 valence electrons. The van der Waals surface area contributed by atoms with Crippen molar-refractivity contribution in [3.63, 3.8) is 0 Å². The quantitative estimate of drug-likeness (QED) is 0.483. The summed E-state index contributed by atoms with van der Waals surface area (Å²) in [6.45, 7) is 7.76. The molecule has 0 spiro atoms. The van der Waals surface area contributed by atoms with Crippen LogP contribution in [0.4, 0.5) is 5.69 Å². The molecule has 3 rings (SSSR count). The second-order valence-electron chi connectivity index (χ2n) is 7.50. The number of esters is 1. The van der Waals surface area contributed by atoms with E-state index >= 15 is 0 Å². The fourth-order valence-corrected chi connectivity index (χ4v) is 4.46. The zero-order chi connectivity index (χ0) is 24.1. The summed E-state index contributed by atoms with van der Waals surface area (Å²) in [7, 11) is 0. The first-order valence-electron chi connectivity index (χ1n) is 10.4. The van der Waals surface area contributed by atoms with Gasteiger partial charge < -0.3 is 15.4 Å². The van der Waals surface area contributed by atoms with Crippen LogP contribution in [-0.2, 0) is 14.3 Å². The maximum Gasteiger partial charge on any atom is 0.338 e. The van der Waals surface area contributed by atoms with Crippen molar-refractivity contribution >= 4 is 57.7 Å². The van der Waals surface area contributed by atoms with E-state index in [4.69, 9.17) is 27.9 Å². The van der Waals surface area contributed by atoms with Crippen LogP contribution in [0, 0.1) is 13.8 Å². The highest BCUT2D eigenvalue weighted by Crippen LogP contribution is 2.39. The standard InChI is InChI=1S/C24H25Cl2N3O3S/c1-5-32-23(31)20-15(4)27-24(29-22(20)17-7-6-8-18(25)21(17)26)33-12-19(30)28-16-10-9-13(2)14(3)11-16/h6-11,22H,5,12H2,1-4H3,(H,27,29)(H,28,30)/t22-/m0/s1. The van der Waals surface area contributed by atoms with Gasteiger partial charge in [-0.05, 0) is 57.0 Å². The summed E-state index contributed by atoms with van der Waals surface area (Å²) in [5.41, 5.74) is 4.53. The number of carbonyl (C=O) groups is 2. The average molecular weight is 506 g/mol. The number of allylic oxidation sites excluding steroid dienone is 1. The molecule has 2 N–H and O–H groups in total. The van der Waals surface area contributed by atoms with E-state index in [9.17, 15) is 9.59 Å². The lowest BCUT2D eigenvalue weighted by molar-refractivity contribution is -0.139. The van der Waals surface area contributed by atoms with Crippen molar-refractivity contribution in [2.75, 3.05) is 17.7 Å². The van der Waals surface area contributed by atoms with E-state index in [1.807, 2.05) is 32.0 Å². The molecule has 0 aliphatic carbocycles. The fraction of sp³-hybridized carbons (Fsp3) is 0.292. The Bertz CT molecular complexity index is 1150. The summed E-state index contributed by atoms with van der Waals surface area (Å²) in [6, 6.07) is 10.3.